The van der Waals surface area contributed by atoms with Crippen molar-refractivity contribution in [1.29, 1.82) is 0 Å². The predicted molar refractivity (Wildman–Crippen MR) is 112 cm³/mol. The van der Waals surface area contributed by atoms with Crippen molar-refractivity contribution in [3.63, 3.8) is 0 Å². The third-order valence-corrected chi connectivity index (χ3v) is 4.30. The number of carbonyl (C=O) groups is 1. The van der Waals surface area contributed by atoms with E-state index in [2.05, 4.69) is 20.7 Å². The third kappa shape index (κ3) is 6.21. The molecule has 156 valence electrons. The molecule has 9 nitrogen and oxygen atoms in total. The van der Waals surface area contributed by atoms with Crippen LogP contribution in [0, 0.1) is 0 Å². The third-order valence-electron chi connectivity index (χ3n) is 3.93. The molecule has 29 heavy (non-hydrogen) atoms. The zero-order valence-electron chi connectivity index (χ0n) is 16.6. The summed E-state index contributed by atoms with van der Waals surface area (Å²) in [5.41, 5.74) is 3.16. The lowest BCUT2D eigenvalue weighted by Crippen LogP contribution is -2.34. The van der Waals surface area contributed by atoms with E-state index in [4.69, 9.17) is 21.1 Å². The molecule has 0 atom stereocenters. The van der Waals surface area contributed by atoms with E-state index in [0.717, 1.165) is 5.56 Å². The van der Waals surface area contributed by atoms with Crippen molar-refractivity contribution in [2.75, 3.05) is 31.7 Å². The first-order valence-corrected chi connectivity index (χ1v) is 9.57. The van der Waals surface area contributed by atoms with E-state index in [1.807, 2.05) is 20.8 Å². The van der Waals surface area contributed by atoms with E-state index in [1.54, 1.807) is 23.1 Å². The Balaban J connectivity index is 2.09. The maximum absolute atomic E-state index is 12.1. The molecule has 2 aromatic rings. The molecular weight excluding hydrogens is 398 g/mol. The molecule has 10 heteroatoms. The highest BCUT2D eigenvalue weighted by Gasteiger charge is 2.13. The number of H-pyrrole nitrogens is 1. The van der Waals surface area contributed by atoms with Gasteiger partial charge in [-0.1, -0.05) is 11.6 Å². The van der Waals surface area contributed by atoms with Crippen molar-refractivity contribution >= 4 is 29.4 Å². The molecule has 0 saturated heterocycles. The van der Waals surface area contributed by atoms with E-state index in [9.17, 15) is 9.59 Å². The number of hydrazone groups is 1. The number of aromatic nitrogens is 2. The molecule has 0 radical (unpaired) electrons. The zero-order valence-corrected chi connectivity index (χ0v) is 17.3. The average molecular weight is 422 g/mol. The van der Waals surface area contributed by atoms with Crippen molar-refractivity contribution < 1.29 is 14.3 Å². The second kappa shape index (κ2) is 11.1. The van der Waals surface area contributed by atoms with Crippen LogP contribution in [0.25, 0.3) is 0 Å². The van der Waals surface area contributed by atoms with Gasteiger partial charge in [-0.3, -0.25) is 15.0 Å². The number of nitrogens with zero attached hydrogens (tertiary/aromatic N) is 3. The number of nitrogens with one attached hydrogen (secondary N) is 2. The number of likely N-dealkylation sites (N-methyl/N-ethyl adjacent to an activating group) is 1. The molecule has 0 bridgehead atoms. The minimum Gasteiger partial charge on any atom is -0.490 e. The number of carbonyl (C=O) groups excluding carboxylic acids is 1. The summed E-state index contributed by atoms with van der Waals surface area (Å²) in [6.45, 7) is 7.33. The van der Waals surface area contributed by atoms with Gasteiger partial charge in [0.15, 0.2) is 18.1 Å². The van der Waals surface area contributed by atoms with Gasteiger partial charge in [0.1, 0.15) is 10.7 Å². The molecule has 2 N–H and O–H groups in total. The van der Waals surface area contributed by atoms with Crippen molar-refractivity contribution in [2.45, 2.75) is 20.8 Å². The summed E-state index contributed by atoms with van der Waals surface area (Å²) in [4.78, 5) is 25.2. The number of benzene rings is 1. The molecule has 0 aliphatic heterocycles. The van der Waals surface area contributed by atoms with Crippen molar-refractivity contribution in [2.24, 2.45) is 5.10 Å². The molecule has 0 spiro atoms. The minimum atomic E-state index is -0.508. The number of amides is 1. The molecule has 1 aromatic carbocycles. The van der Waals surface area contributed by atoms with Gasteiger partial charge in [0.05, 0.1) is 19.0 Å². The summed E-state index contributed by atoms with van der Waals surface area (Å²) in [6, 6.07) is 5.22. The lowest BCUT2D eigenvalue weighted by Gasteiger charge is -2.19. The molecule has 1 amide bonds. The summed E-state index contributed by atoms with van der Waals surface area (Å²) < 4.78 is 11.3. The highest BCUT2D eigenvalue weighted by Crippen LogP contribution is 2.28. The predicted octanol–water partition coefficient (Wildman–Crippen LogP) is 2.52. The van der Waals surface area contributed by atoms with Crippen LogP contribution in [-0.2, 0) is 4.79 Å². The normalized spacial score (nSPS) is 10.8. The fourth-order valence-corrected chi connectivity index (χ4v) is 2.57. The van der Waals surface area contributed by atoms with Crippen LogP contribution in [0.1, 0.15) is 26.3 Å². The number of hydrogen-bond donors (Lipinski definition) is 2. The van der Waals surface area contributed by atoms with Crippen LogP contribution in [0.2, 0.25) is 5.02 Å². The highest BCUT2D eigenvalue weighted by molar-refractivity contribution is 6.32. The number of ether oxygens (including phenoxy) is 2. The van der Waals surface area contributed by atoms with Crippen molar-refractivity contribution in [1.82, 2.24) is 15.1 Å². The van der Waals surface area contributed by atoms with E-state index in [1.165, 1.54) is 12.4 Å². The van der Waals surface area contributed by atoms with Crippen LogP contribution >= 0.6 is 11.6 Å². The Kier molecular flexibility index (Phi) is 8.47. The van der Waals surface area contributed by atoms with Crippen LogP contribution in [0.4, 0.5) is 5.69 Å². The van der Waals surface area contributed by atoms with Gasteiger partial charge < -0.3 is 14.4 Å². The number of hydrogen-bond acceptors (Lipinski definition) is 7. The topological polar surface area (TPSA) is 109 Å². The van der Waals surface area contributed by atoms with Crippen LogP contribution in [-0.4, -0.2) is 53.5 Å². The molecule has 2 rings (SSSR count). The van der Waals surface area contributed by atoms with Crippen molar-refractivity contribution in [3.8, 4) is 11.5 Å². The fourth-order valence-electron chi connectivity index (χ4n) is 2.44. The smallest absolute Gasteiger partial charge is 0.285 e. The Bertz CT molecular complexity index is 912. The Labute approximate surface area is 173 Å². The van der Waals surface area contributed by atoms with Crippen LogP contribution in [0.5, 0.6) is 11.5 Å². The van der Waals surface area contributed by atoms with Gasteiger partial charge >= 0.3 is 0 Å². The zero-order chi connectivity index (χ0) is 21.2. The van der Waals surface area contributed by atoms with Gasteiger partial charge in [-0.25, -0.2) is 5.10 Å². The first-order valence-electron chi connectivity index (χ1n) is 9.19. The Morgan fingerprint density at radius 3 is 2.72 bits per heavy atom. The Morgan fingerprint density at radius 2 is 2.03 bits per heavy atom. The van der Waals surface area contributed by atoms with Crippen LogP contribution < -0.4 is 20.5 Å². The van der Waals surface area contributed by atoms with Crippen LogP contribution in [0.15, 0.2) is 34.3 Å². The number of halogens is 1. The second-order valence-corrected chi connectivity index (χ2v) is 6.17. The largest absolute Gasteiger partial charge is 0.490 e. The maximum Gasteiger partial charge on any atom is 0.285 e. The Morgan fingerprint density at radius 1 is 1.28 bits per heavy atom. The quantitative estimate of drug-likeness (QED) is 0.450. The lowest BCUT2D eigenvalue weighted by molar-refractivity contribution is -0.132. The van der Waals surface area contributed by atoms with E-state index < -0.39 is 5.56 Å². The summed E-state index contributed by atoms with van der Waals surface area (Å²) >= 11 is 5.88. The van der Waals surface area contributed by atoms with Gasteiger partial charge in [-0.2, -0.15) is 10.2 Å². The molecule has 0 aliphatic carbocycles. The average Bonchev–Trinajstić information content (AvgIpc) is 2.71. The Hall–Kier alpha value is -3.07. The summed E-state index contributed by atoms with van der Waals surface area (Å²) in [6.07, 6.45) is 2.89. The van der Waals surface area contributed by atoms with Crippen LogP contribution in [0.3, 0.4) is 0 Å². The van der Waals surface area contributed by atoms with E-state index >= 15 is 0 Å². The first kappa shape index (κ1) is 22.2. The first-order chi connectivity index (χ1) is 14.0. The van der Waals surface area contributed by atoms with Gasteiger partial charge in [0, 0.05) is 13.1 Å². The van der Waals surface area contributed by atoms with Gasteiger partial charge in [0.2, 0.25) is 0 Å². The molecule has 1 aromatic heterocycles. The molecule has 1 heterocycles. The molecular formula is C19H24ClN5O4. The van der Waals surface area contributed by atoms with Gasteiger partial charge in [-0.15, -0.1) is 0 Å². The standard InChI is InChI=1S/C19H24ClN5O4/c1-4-25(5-2)17(26)12-29-15-8-7-13(9-16(15)28-6-3)10-21-23-14-11-22-24-19(27)18(14)20/h7-11H,4-6,12H2,1-3H3,(H2,23,24,27)/b21-10-. The summed E-state index contributed by atoms with van der Waals surface area (Å²) in [7, 11) is 0. The number of aromatic amines is 1. The fraction of sp³-hybridized carbons (Fsp3) is 0.368. The van der Waals surface area contributed by atoms with Gasteiger partial charge in [0.25, 0.3) is 11.5 Å². The number of anilines is 1. The lowest BCUT2D eigenvalue weighted by atomic mass is 10.2. The SMILES string of the molecule is CCOc1cc(/C=N\Nc2cn[nH]c(=O)c2Cl)ccc1OCC(=O)N(CC)CC. The molecule has 0 aliphatic rings. The monoisotopic (exact) mass is 421 g/mol. The summed E-state index contributed by atoms with van der Waals surface area (Å²) in [5.74, 6) is 0.884. The molecule has 0 unspecified atom stereocenters. The molecule has 0 saturated carbocycles. The highest BCUT2D eigenvalue weighted by atomic mass is 35.5. The maximum atomic E-state index is 12.1. The number of rotatable bonds is 10. The van der Waals surface area contributed by atoms with E-state index in [-0.39, 0.29) is 23.2 Å². The van der Waals surface area contributed by atoms with Gasteiger partial charge in [-0.05, 0) is 44.5 Å². The van der Waals surface area contributed by atoms with Crippen molar-refractivity contribution in [3.05, 3.63) is 45.3 Å². The van der Waals surface area contributed by atoms with E-state index in [0.29, 0.717) is 31.2 Å². The summed E-state index contributed by atoms with van der Waals surface area (Å²) in [5, 5.41) is 9.90. The minimum absolute atomic E-state index is 0.0335. The second-order valence-electron chi connectivity index (χ2n) is 5.79. The molecule has 0 fully saturated rings.